The molecule has 3 amide bonds. The summed E-state index contributed by atoms with van der Waals surface area (Å²) in [7, 11) is 0. The maximum Gasteiger partial charge on any atom is 0.320 e. The lowest BCUT2D eigenvalue weighted by atomic mass is 9.89. The molecule has 0 radical (unpaired) electrons. The number of amides is 3. The van der Waals surface area contributed by atoms with E-state index < -0.39 is 5.54 Å². The standard InChI is InChI=1S/C18H31N5O3/c1-14(2)18(4,13-19)20-16(24)15(3)21-5-7-22(8-6-21)17(25)23-9-11-26-12-10-23/h14-15H,5-12H2,1-4H3,(H,20,24)/t15-,18+/m0/s1. The van der Waals surface area contributed by atoms with Crippen LogP contribution in [0.2, 0.25) is 0 Å². The van der Waals surface area contributed by atoms with Gasteiger partial charge in [0.25, 0.3) is 0 Å². The number of rotatable bonds is 4. The molecule has 0 aromatic carbocycles. The zero-order valence-electron chi connectivity index (χ0n) is 16.3. The Kier molecular flexibility index (Phi) is 6.84. The second kappa shape index (κ2) is 8.69. The molecule has 8 heteroatoms. The van der Waals surface area contributed by atoms with Crippen molar-refractivity contribution in [3.05, 3.63) is 0 Å². The predicted molar refractivity (Wildman–Crippen MR) is 97.4 cm³/mol. The van der Waals surface area contributed by atoms with Gasteiger partial charge in [-0.3, -0.25) is 9.69 Å². The van der Waals surface area contributed by atoms with Crippen LogP contribution in [0.5, 0.6) is 0 Å². The number of nitrogens with one attached hydrogen (secondary N) is 1. The van der Waals surface area contributed by atoms with E-state index in [2.05, 4.69) is 16.3 Å². The second-order valence-corrected chi connectivity index (χ2v) is 7.54. The van der Waals surface area contributed by atoms with Crippen molar-refractivity contribution >= 4 is 11.9 Å². The average Bonchev–Trinajstić information content (AvgIpc) is 2.67. The Hall–Kier alpha value is -1.85. The van der Waals surface area contributed by atoms with Gasteiger partial charge in [-0.1, -0.05) is 13.8 Å². The Morgan fingerprint density at radius 1 is 1.04 bits per heavy atom. The summed E-state index contributed by atoms with van der Waals surface area (Å²) < 4.78 is 5.29. The van der Waals surface area contributed by atoms with Crippen LogP contribution < -0.4 is 5.32 Å². The van der Waals surface area contributed by atoms with E-state index in [1.54, 1.807) is 6.92 Å². The van der Waals surface area contributed by atoms with Crippen molar-refractivity contribution in [3.63, 3.8) is 0 Å². The lowest BCUT2D eigenvalue weighted by Gasteiger charge is -2.40. The van der Waals surface area contributed by atoms with E-state index in [9.17, 15) is 14.9 Å². The molecule has 146 valence electrons. The summed E-state index contributed by atoms with van der Waals surface area (Å²) in [6.45, 7) is 12.4. The van der Waals surface area contributed by atoms with Gasteiger partial charge < -0.3 is 19.9 Å². The van der Waals surface area contributed by atoms with Crippen molar-refractivity contribution in [2.45, 2.75) is 39.3 Å². The van der Waals surface area contributed by atoms with Gasteiger partial charge in [0.05, 0.1) is 25.3 Å². The van der Waals surface area contributed by atoms with Crippen LogP contribution in [-0.2, 0) is 9.53 Å². The number of nitrogens with zero attached hydrogens (tertiary/aromatic N) is 4. The van der Waals surface area contributed by atoms with Gasteiger partial charge in [-0.05, 0) is 19.8 Å². The SMILES string of the molecule is CC(C)[C@@](C)(C#N)NC(=O)[C@H](C)N1CCN(C(=O)N2CCOCC2)CC1. The van der Waals surface area contributed by atoms with Gasteiger partial charge in [-0.2, -0.15) is 5.26 Å². The number of carbonyl (C=O) groups is 2. The van der Waals surface area contributed by atoms with Gasteiger partial charge in [0.2, 0.25) is 5.91 Å². The molecule has 2 aliphatic rings. The van der Waals surface area contributed by atoms with Gasteiger partial charge in [0.15, 0.2) is 0 Å². The minimum Gasteiger partial charge on any atom is -0.378 e. The highest BCUT2D eigenvalue weighted by Gasteiger charge is 2.35. The zero-order valence-corrected chi connectivity index (χ0v) is 16.3. The van der Waals surface area contributed by atoms with Crippen molar-refractivity contribution in [1.82, 2.24) is 20.0 Å². The highest BCUT2D eigenvalue weighted by atomic mass is 16.5. The second-order valence-electron chi connectivity index (χ2n) is 7.54. The summed E-state index contributed by atoms with van der Waals surface area (Å²) in [5.41, 5.74) is -0.876. The number of urea groups is 1. The van der Waals surface area contributed by atoms with Crippen LogP contribution in [0.25, 0.3) is 0 Å². The minimum atomic E-state index is -0.876. The number of carbonyl (C=O) groups excluding carboxylic acids is 2. The van der Waals surface area contributed by atoms with Crippen LogP contribution in [0.4, 0.5) is 4.79 Å². The molecule has 26 heavy (non-hydrogen) atoms. The Bertz CT molecular complexity index is 548. The molecule has 2 heterocycles. The van der Waals surface area contributed by atoms with Crippen molar-refractivity contribution < 1.29 is 14.3 Å². The molecule has 8 nitrogen and oxygen atoms in total. The summed E-state index contributed by atoms with van der Waals surface area (Å²) in [5, 5.41) is 12.3. The monoisotopic (exact) mass is 365 g/mol. The normalized spacial score (nSPS) is 22.5. The predicted octanol–water partition coefficient (Wildman–Crippen LogP) is 0.499. The van der Waals surface area contributed by atoms with E-state index in [-0.39, 0.29) is 23.9 Å². The molecule has 0 bridgehead atoms. The Labute approximate surface area is 156 Å². The summed E-state index contributed by atoms with van der Waals surface area (Å²) in [4.78, 5) is 30.8. The van der Waals surface area contributed by atoms with Gasteiger partial charge in [0.1, 0.15) is 5.54 Å². The number of ether oxygens (including phenoxy) is 1. The molecular formula is C18H31N5O3. The first-order chi connectivity index (χ1) is 12.3. The molecule has 2 rings (SSSR count). The topological polar surface area (TPSA) is 88.9 Å². The van der Waals surface area contributed by atoms with Crippen molar-refractivity contribution in [2.75, 3.05) is 52.5 Å². The number of piperazine rings is 1. The Morgan fingerprint density at radius 2 is 1.58 bits per heavy atom. The highest BCUT2D eigenvalue weighted by Crippen LogP contribution is 2.17. The molecule has 2 atom stereocenters. The van der Waals surface area contributed by atoms with Crippen molar-refractivity contribution in [3.8, 4) is 6.07 Å². The van der Waals surface area contributed by atoms with E-state index >= 15 is 0 Å². The molecule has 0 spiro atoms. The minimum absolute atomic E-state index is 0.0200. The molecule has 2 fully saturated rings. The van der Waals surface area contributed by atoms with E-state index in [0.717, 1.165) is 0 Å². The molecule has 0 aromatic heterocycles. The van der Waals surface area contributed by atoms with Crippen LogP contribution in [0.15, 0.2) is 0 Å². The van der Waals surface area contributed by atoms with E-state index in [0.29, 0.717) is 52.5 Å². The Morgan fingerprint density at radius 3 is 2.08 bits per heavy atom. The van der Waals surface area contributed by atoms with Crippen molar-refractivity contribution in [1.29, 1.82) is 5.26 Å². The fraction of sp³-hybridized carbons (Fsp3) is 0.833. The lowest BCUT2D eigenvalue weighted by Crippen LogP contribution is -2.60. The third kappa shape index (κ3) is 4.65. The fourth-order valence-corrected chi connectivity index (χ4v) is 3.08. The molecule has 0 aliphatic carbocycles. The van der Waals surface area contributed by atoms with Gasteiger partial charge >= 0.3 is 6.03 Å². The third-order valence-electron chi connectivity index (χ3n) is 5.56. The average molecular weight is 365 g/mol. The maximum atomic E-state index is 12.6. The molecule has 0 aromatic rings. The molecule has 1 N–H and O–H groups in total. The number of hydrogen-bond acceptors (Lipinski definition) is 5. The van der Waals surface area contributed by atoms with E-state index in [1.807, 2.05) is 30.6 Å². The molecule has 0 saturated carbocycles. The summed E-state index contributed by atoms with van der Waals surface area (Å²) in [5.74, 6) is -0.123. The van der Waals surface area contributed by atoms with E-state index in [1.165, 1.54) is 0 Å². The van der Waals surface area contributed by atoms with Gasteiger partial charge in [-0.25, -0.2) is 4.79 Å². The fourth-order valence-electron chi connectivity index (χ4n) is 3.08. The van der Waals surface area contributed by atoms with Crippen LogP contribution in [-0.4, -0.2) is 90.7 Å². The lowest BCUT2D eigenvalue weighted by molar-refractivity contribution is -0.128. The molecule has 0 unspecified atom stereocenters. The Balaban J connectivity index is 1.85. The first kappa shape index (κ1) is 20.5. The largest absolute Gasteiger partial charge is 0.378 e. The zero-order chi connectivity index (χ0) is 19.3. The van der Waals surface area contributed by atoms with Gasteiger partial charge in [-0.15, -0.1) is 0 Å². The highest BCUT2D eigenvalue weighted by molar-refractivity contribution is 5.82. The van der Waals surface area contributed by atoms with Gasteiger partial charge in [0, 0.05) is 39.3 Å². The van der Waals surface area contributed by atoms with Crippen LogP contribution in [0.3, 0.4) is 0 Å². The quantitative estimate of drug-likeness (QED) is 0.784. The number of morpholine rings is 1. The third-order valence-corrected chi connectivity index (χ3v) is 5.56. The summed E-state index contributed by atoms with van der Waals surface area (Å²) in [6.07, 6.45) is 0. The van der Waals surface area contributed by atoms with Crippen LogP contribution in [0.1, 0.15) is 27.7 Å². The van der Waals surface area contributed by atoms with E-state index in [4.69, 9.17) is 4.74 Å². The summed E-state index contributed by atoms with van der Waals surface area (Å²) in [6, 6.07) is 1.93. The van der Waals surface area contributed by atoms with Crippen LogP contribution in [0, 0.1) is 17.2 Å². The smallest absolute Gasteiger partial charge is 0.320 e. The molecule has 2 aliphatic heterocycles. The first-order valence-electron chi connectivity index (χ1n) is 9.37. The maximum absolute atomic E-state index is 12.6. The first-order valence-corrected chi connectivity index (χ1v) is 9.37. The number of nitriles is 1. The molecular weight excluding hydrogens is 334 g/mol. The van der Waals surface area contributed by atoms with Crippen LogP contribution >= 0.6 is 0 Å². The molecule has 2 saturated heterocycles. The number of hydrogen-bond donors (Lipinski definition) is 1. The summed E-state index contributed by atoms with van der Waals surface area (Å²) >= 11 is 0. The van der Waals surface area contributed by atoms with Crippen molar-refractivity contribution in [2.24, 2.45) is 5.92 Å².